The van der Waals surface area contributed by atoms with E-state index in [0.29, 0.717) is 15.9 Å². The van der Waals surface area contributed by atoms with Gasteiger partial charge in [0.1, 0.15) is 5.75 Å². The highest BCUT2D eigenvalue weighted by Gasteiger charge is 2.35. The molecule has 2 aliphatic heterocycles. The summed E-state index contributed by atoms with van der Waals surface area (Å²) >= 11 is 9.10. The van der Waals surface area contributed by atoms with Gasteiger partial charge in [-0.05, 0) is 67.3 Å². The third-order valence-corrected chi connectivity index (χ3v) is 7.01. The second-order valence-electron chi connectivity index (χ2n) is 6.80. The van der Waals surface area contributed by atoms with Crippen LogP contribution in [0.2, 0.25) is 5.02 Å². The lowest BCUT2D eigenvalue weighted by Crippen LogP contribution is -2.35. The Kier molecular flexibility index (Phi) is 6.00. The van der Waals surface area contributed by atoms with E-state index in [0.717, 1.165) is 32.8 Å². The predicted molar refractivity (Wildman–Crippen MR) is 130 cm³/mol. The summed E-state index contributed by atoms with van der Waals surface area (Å²) in [6, 6.07) is 7.39. The summed E-state index contributed by atoms with van der Waals surface area (Å²) in [7, 11) is 1.61. The van der Waals surface area contributed by atoms with E-state index in [1.54, 1.807) is 31.0 Å². The number of carbonyl (C=O) groups excluding carboxylic acids is 1. The Labute approximate surface area is 193 Å². The highest BCUT2D eigenvalue weighted by molar-refractivity contribution is 8.45. The number of hydrogen-bond acceptors (Lipinski definition) is 6. The highest BCUT2D eigenvalue weighted by atomic mass is 35.5. The number of halogens is 1. The third kappa shape index (κ3) is 3.93. The van der Waals surface area contributed by atoms with E-state index in [2.05, 4.69) is 10.1 Å². The molecule has 0 atom stereocenters. The van der Waals surface area contributed by atoms with E-state index in [-0.39, 0.29) is 11.4 Å². The van der Waals surface area contributed by atoms with Gasteiger partial charge in [0.15, 0.2) is 10.2 Å². The maximum absolute atomic E-state index is 12.7. The number of amidine groups is 2. The molecule has 2 aromatic rings. The molecule has 0 radical (unpaired) electrons. The molecule has 1 aromatic heterocycles. The average molecular weight is 474 g/mol. The van der Waals surface area contributed by atoms with Crippen LogP contribution in [0, 0.1) is 19.3 Å². The Hall–Kier alpha value is -2.49. The number of benzene rings is 1. The van der Waals surface area contributed by atoms with Gasteiger partial charge in [-0.25, -0.2) is 0 Å². The number of aliphatic imine (C=N–C) groups is 1. The number of aromatic nitrogens is 1. The number of hydrazone groups is 1. The van der Waals surface area contributed by atoms with Crippen molar-refractivity contribution in [3.05, 3.63) is 51.8 Å². The Bertz CT molecular complexity index is 1200. The van der Waals surface area contributed by atoms with E-state index in [4.69, 9.17) is 21.7 Å². The first-order valence-electron chi connectivity index (χ1n) is 9.50. The Balaban J connectivity index is 1.76. The molecular formula is C21H20ClN5O2S2. The summed E-state index contributed by atoms with van der Waals surface area (Å²) in [4.78, 5) is 16.8. The lowest BCUT2D eigenvalue weighted by Gasteiger charge is -2.20. The predicted octanol–water partition coefficient (Wildman–Crippen LogP) is 5.09. The molecule has 1 N–H and O–H groups in total. The van der Waals surface area contributed by atoms with Crippen LogP contribution in [-0.2, 0) is 4.79 Å². The molecule has 2 aliphatic rings. The number of nitrogens with one attached hydrogen (secondary N) is 1. The zero-order valence-corrected chi connectivity index (χ0v) is 19.8. The molecule has 4 rings (SSSR count). The fourth-order valence-electron chi connectivity index (χ4n) is 3.45. The second kappa shape index (κ2) is 8.57. The average Bonchev–Trinajstić information content (AvgIpc) is 3.25. The molecule has 31 heavy (non-hydrogen) atoms. The molecule has 0 unspecified atom stereocenters. The minimum absolute atomic E-state index is 0.0272. The molecule has 10 heteroatoms. The fourth-order valence-corrected chi connectivity index (χ4v) is 5.45. The van der Waals surface area contributed by atoms with Crippen LogP contribution in [0.5, 0.6) is 5.75 Å². The lowest BCUT2D eigenvalue weighted by molar-refractivity contribution is -0.114. The van der Waals surface area contributed by atoms with Crippen molar-refractivity contribution < 1.29 is 9.53 Å². The van der Waals surface area contributed by atoms with Crippen LogP contribution in [0.15, 0.2) is 39.9 Å². The molecule has 0 saturated heterocycles. The highest BCUT2D eigenvalue weighted by Crippen LogP contribution is 2.34. The topological polar surface area (TPSA) is 83.0 Å². The number of ether oxygens (including phenoxy) is 1. The van der Waals surface area contributed by atoms with E-state index in [1.165, 1.54) is 16.8 Å². The van der Waals surface area contributed by atoms with Gasteiger partial charge in [-0.15, -0.1) is 5.10 Å². The maximum atomic E-state index is 12.7. The molecule has 7 nitrogen and oxygen atoms in total. The van der Waals surface area contributed by atoms with Crippen LogP contribution in [0.25, 0.3) is 11.8 Å². The van der Waals surface area contributed by atoms with Crippen molar-refractivity contribution in [2.75, 3.05) is 12.9 Å². The molecule has 1 aromatic carbocycles. The van der Waals surface area contributed by atoms with E-state index >= 15 is 0 Å². The number of methoxy groups -OCH3 is 1. The van der Waals surface area contributed by atoms with E-state index in [1.807, 2.05) is 43.5 Å². The van der Waals surface area contributed by atoms with Crippen molar-refractivity contribution >= 4 is 62.5 Å². The van der Waals surface area contributed by atoms with Crippen molar-refractivity contribution in [1.82, 2.24) is 9.58 Å². The number of nitrogens with zero attached hydrogens (tertiary/aromatic N) is 4. The molecule has 160 valence electrons. The van der Waals surface area contributed by atoms with Gasteiger partial charge in [-0.2, -0.15) is 10.0 Å². The Morgan fingerprint density at radius 3 is 2.81 bits per heavy atom. The number of amides is 1. The van der Waals surface area contributed by atoms with Crippen LogP contribution >= 0.6 is 35.1 Å². The normalized spacial score (nSPS) is 17.2. The van der Waals surface area contributed by atoms with Gasteiger partial charge >= 0.3 is 0 Å². The first kappa shape index (κ1) is 21.7. The molecule has 0 aliphatic carbocycles. The fraction of sp³-hybridized carbons (Fsp3) is 0.238. The van der Waals surface area contributed by atoms with Crippen LogP contribution < -0.4 is 4.74 Å². The first-order chi connectivity index (χ1) is 14.8. The largest absolute Gasteiger partial charge is 0.495 e. The molecule has 0 bridgehead atoms. The summed E-state index contributed by atoms with van der Waals surface area (Å²) in [5, 5.41) is 15.4. The second-order valence-corrected chi connectivity index (χ2v) is 9.70. The van der Waals surface area contributed by atoms with Crippen molar-refractivity contribution in [2.24, 2.45) is 10.1 Å². The van der Waals surface area contributed by atoms with Gasteiger partial charge < -0.3 is 9.30 Å². The van der Waals surface area contributed by atoms with E-state index in [9.17, 15) is 4.79 Å². The SMILES string of the molecule is CCSC1=NN2C(=N)C(=Cc3cc(C)n(-c4cc(Cl)ccc4OC)c3C)C(=O)N=C2S1. The first-order valence-corrected chi connectivity index (χ1v) is 11.7. The lowest BCUT2D eigenvalue weighted by atomic mass is 10.1. The minimum Gasteiger partial charge on any atom is -0.495 e. The van der Waals surface area contributed by atoms with Gasteiger partial charge in [-0.1, -0.05) is 30.3 Å². The van der Waals surface area contributed by atoms with Crippen LogP contribution in [0.1, 0.15) is 23.9 Å². The van der Waals surface area contributed by atoms with Gasteiger partial charge in [0, 0.05) is 16.4 Å². The van der Waals surface area contributed by atoms with Gasteiger partial charge in [0.05, 0.1) is 18.4 Å². The maximum Gasteiger partial charge on any atom is 0.283 e. The Morgan fingerprint density at radius 1 is 1.32 bits per heavy atom. The zero-order chi connectivity index (χ0) is 22.3. The van der Waals surface area contributed by atoms with Crippen molar-refractivity contribution in [2.45, 2.75) is 20.8 Å². The zero-order valence-electron chi connectivity index (χ0n) is 17.4. The molecule has 3 heterocycles. The van der Waals surface area contributed by atoms with Gasteiger partial charge in [0.2, 0.25) is 5.17 Å². The number of rotatable bonds is 4. The standard InChI is InChI=1S/C21H20ClN5O2S2/c1-5-30-21-25-27-18(23)15(19(28)24-20(27)31-21)9-13-8-11(2)26(12(13)3)16-10-14(22)6-7-17(16)29-4/h6-10,23H,5H2,1-4H3. The van der Waals surface area contributed by atoms with Crippen molar-refractivity contribution in [3.8, 4) is 11.4 Å². The minimum atomic E-state index is -0.438. The smallest absolute Gasteiger partial charge is 0.283 e. The van der Waals surface area contributed by atoms with Crippen molar-refractivity contribution in [1.29, 1.82) is 5.41 Å². The summed E-state index contributed by atoms with van der Waals surface area (Å²) < 4.78 is 8.31. The van der Waals surface area contributed by atoms with Gasteiger partial charge in [-0.3, -0.25) is 10.2 Å². The number of thioether (sulfide) groups is 2. The number of hydrogen-bond donors (Lipinski definition) is 1. The van der Waals surface area contributed by atoms with Gasteiger partial charge in [0.25, 0.3) is 5.91 Å². The summed E-state index contributed by atoms with van der Waals surface area (Å²) in [5.41, 5.74) is 3.66. The summed E-state index contributed by atoms with van der Waals surface area (Å²) in [6.07, 6.45) is 1.70. The third-order valence-electron chi connectivity index (χ3n) is 4.86. The van der Waals surface area contributed by atoms with E-state index < -0.39 is 5.91 Å². The summed E-state index contributed by atoms with van der Waals surface area (Å²) in [6.45, 7) is 5.94. The monoisotopic (exact) mass is 473 g/mol. The number of aryl methyl sites for hydroxylation is 1. The molecule has 0 spiro atoms. The molecule has 1 amide bonds. The van der Waals surface area contributed by atoms with Crippen molar-refractivity contribution in [3.63, 3.8) is 0 Å². The molecular weight excluding hydrogens is 454 g/mol. The summed E-state index contributed by atoms with van der Waals surface area (Å²) in [5.74, 6) is 1.13. The quantitative estimate of drug-likeness (QED) is 0.625. The molecule has 0 fully saturated rings. The van der Waals surface area contributed by atoms with Crippen LogP contribution in [-0.4, -0.2) is 43.7 Å². The van der Waals surface area contributed by atoms with Crippen LogP contribution in [0.4, 0.5) is 0 Å². The Morgan fingerprint density at radius 2 is 2.10 bits per heavy atom. The van der Waals surface area contributed by atoms with Crippen LogP contribution in [0.3, 0.4) is 0 Å². The number of carbonyl (C=O) groups is 1. The molecule has 0 saturated carbocycles. The number of fused-ring (bicyclic) bond motifs is 1.